The highest BCUT2D eigenvalue weighted by Crippen LogP contribution is 2.36. The average Bonchev–Trinajstić information content (AvgIpc) is 3.01. The maximum atomic E-state index is 13.7. The molecule has 0 unspecified atom stereocenters. The van der Waals surface area contributed by atoms with E-state index < -0.39 is 0 Å². The minimum absolute atomic E-state index is 0.0955. The monoisotopic (exact) mass is 448 g/mol. The van der Waals surface area contributed by atoms with E-state index in [1.807, 2.05) is 74.5 Å². The van der Waals surface area contributed by atoms with Crippen molar-refractivity contribution >= 4 is 34.6 Å². The number of carbonyl (C=O) groups is 2. The first kappa shape index (κ1) is 21.4. The van der Waals surface area contributed by atoms with Crippen molar-refractivity contribution in [2.75, 3.05) is 15.5 Å². The number of carbonyl (C=O) groups excluding carboxylic acids is 2. The second kappa shape index (κ2) is 8.83. The second-order valence-corrected chi connectivity index (χ2v) is 8.34. The molecule has 0 saturated heterocycles. The van der Waals surface area contributed by atoms with Gasteiger partial charge in [-0.25, -0.2) is 0 Å². The summed E-state index contributed by atoms with van der Waals surface area (Å²) < 4.78 is 0. The number of hydrogen-bond acceptors (Lipinski definition) is 4. The van der Waals surface area contributed by atoms with Gasteiger partial charge in [0.25, 0.3) is 11.8 Å². The van der Waals surface area contributed by atoms with E-state index in [4.69, 9.17) is 0 Å². The van der Waals surface area contributed by atoms with Gasteiger partial charge in [0, 0.05) is 23.1 Å². The summed E-state index contributed by atoms with van der Waals surface area (Å²) in [6.45, 7) is 4.18. The van der Waals surface area contributed by atoms with Gasteiger partial charge in [0.2, 0.25) is 0 Å². The number of fused-ring (bicyclic) bond motifs is 2. The summed E-state index contributed by atoms with van der Waals surface area (Å²) in [7, 11) is 0. The molecule has 3 aromatic carbocycles. The molecule has 0 atom stereocenters. The lowest BCUT2D eigenvalue weighted by Crippen LogP contribution is -2.30. The number of amides is 2. The van der Waals surface area contributed by atoms with Crippen LogP contribution in [-0.2, 0) is 6.54 Å². The van der Waals surface area contributed by atoms with Crippen LogP contribution < -0.4 is 15.5 Å². The van der Waals surface area contributed by atoms with Gasteiger partial charge in [-0.3, -0.25) is 14.6 Å². The van der Waals surface area contributed by atoms with Crippen molar-refractivity contribution in [3.05, 3.63) is 113 Å². The van der Waals surface area contributed by atoms with Crippen molar-refractivity contribution in [3.63, 3.8) is 0 Å². The van der Waals surface area contributed by atoms with E-state index in [0.29, 0.717) is 23.5 Å². The highest BCUT2D eigenvalue weighted by atomic mass is 16.2. The fourth-order valence-corrected chi connectivity index (χ4v) is 4.22. The lowest BCUT2D eigenvalue weighted by molar-refractivity contribution is 0.0983. The molecule has 2 heterocycles. The smallest absolute Gasteiger partial charge is 0.274 e. The van der Waals surface area contributed by atoms with Gasteiger partial charge in [0.05, 0.1) is 17.9 Å². The molecule has 2 N–H and O–H groups in total. The molecule has 6 nitrogen and oxygen atoms in total. The molecule has 1 aliphatic rings. The first-order valence-electron chi connectivity index (χ1n) is 11.1. The van der Waals surface area contributed by atoms with E-state index in [1.54, 1.807) is 29.3 Å². The molecule has 0 bridgehead atoms. The number of para-hydroxylation sites is 3. The van der Waals surface area contributed by atoms with Crippen molar-refractivity contribution in [1.82, 2.24) is 4.98 Å². The summed E-state index contributed by atoms with van der Waals surface area (Å²) in [5, 5.41) is 6.35. The minimum atomic E-state index is -0.277. The SMILES string of the molecule is Cc1cc(NC(=O)c2ncccc2C)ccc1C(=O)N1Cc2ccccc2Nc2ccccc21. The maximum Gasteiger partial charge on any atom is 0.274 e. The molecule has 1 aromatic heterocycles. The Labute approximate surface area is 198 Å². The Bertz CT molecular complexity index is 1410. The van der Waals surface area contributed by atoms with E-state index in [9.17, 15) is 9.59 Å². The van der Waals surface area contributed by atoms with Crippen LogP contribution in [0.2, 0.25) is 0 Å². The summed E-state index contributed by atoms with van der Waals surface area (Å²) >= 11 is 0. The van der Waals surface area contributed by atoms with Gasteiger partial charge in [-0.15, -0.1) is 0 Å². The van der Waals surface area contributed by atoms with Crippen LogP contribution in [0, 0.1) is 13.8 Å². The van der Waals surface area contributed by atoms with Crippen LogP contribution in [0.1, 0.15) is 37.5 Å². The molecule has 6 heteroatoms. The van der Waals surface area contributed by atoms with E-state index in [-0.39, 0.29) is 11.8 Å². The van der Waals surface area contributed by atoms with Crippen molar-refractivity contribution in [2.45, 2.75) is 20.4 Å². The summed E-state index contributed by atoms with van der Waals surface area (Å²) in [4.78, 5) is 32.4. The molecule has 0 fully saturated rings. The van der Waals surface area contributed by atoms with E-state index in [2.05, 4.69) is 15.6 Å². The van der Waals surface area contributed by atoms with E-state index in [0.717, 1.165) is 33.8 Å². The van der Waals surface area contributed by atoms with Crippen LogP contribution in [0.3, 0.4) is 0 Å². The Morgan fingerprint density at radius 1 is 0.882 bits per heavy atom. The van der Waals surface area contributed by atoms with E-state index in [1.165, 1.54) is 0 Å². The van der Waals surface area contributed by atoms with Crippen molar-refractivity contribution in [2.24, 2.45) is 0 Å². The van der Waals surface area contributed by atoms with Gasteiger partial charge in [0.1, 0.15) is 5.69 Å². The average molecular weight is 449 g/mol. The number of hydrogen-bond donors (Lipinski definition) is 2. The standard InChI is InChI=1S/C28H24N4O2/c1-18-8-7-15-29-26(18)27(33)30-21-13-14-22(19(2)16-21)28(34)32-17-20-9-3-4-10-23(20)31-24-11-5-6-12-25(24)32/h3-16,31H,17H2,1-2H3,(H,30,33). The topological polar surface area (TPSA) is 74.3 Å². The van der Waals surface area contributed by atoms with Crippen molar-refractivity contribution in [1.29, 1.82) is 0 Å². The third-order valence-electron chi connectivity index (χ3n) is 5.99. The third-order valence-corrected chi connectivity index (χ3v) is 5.99. The van der Waals surface area contributed by atoms with Crippen LogP contribution >= 0.6 is 0 Å². The summed E-state index contributed by atoms with van der Waals surface area (Å²) in [5.74, 6) is -0.373. The predicted molar refractivity (Wildman–Crippen MR) is 135 cm³/mol. The Balaban J connectivity index is 1.45. The van der Waals surface area contributed by atoms with Gasteiger partial charge < -0.3 is 15.5 Å². The number of nitrogens with one attached hydrogen (secondary N) is 2. The van der Waals surface area contributed by atoms with Crippen molar-refractivity contribution < 1.29 is 9.59 Å². The Hall–Kier alpha value is -4.45. The fourth-order valence-electron chi connectivity index (χ4n) is 4.22. The van der Waals surface area contributed by atoms with Crippen LogP contribution in [0.4, 0.5) is 22.7 Å². The maximum absolute atomic E-state index is 13.7. The largest absolute Gasteiger partial charge is 0.354 e. The summed E-state index contributed by atoms with van der Waals surface area (Å²) in [5.41, 5.74) is 6.91. The fraction of sp³-hybridized carbons (Fsp3) is 0.107. The molecule has 1 aliphatic heterocycles. The third kappa shape index (κ3) is 4.01. The number of rotatable bonds is 3. The first-order valence-corrected chi connectivity index (χ1v) is 11.1. The Kier molecular flexibility index (Phi) is 5.55. The van der Waals surface area contributed by atoms with Gasteiger partial charge >= 0.3 is 0 Å². The molecule has 0 aliphatic carbocycles. The van der Waals surface area contributed by atoms with Crippen molar-refractivity contribution in [3.8, 4) is 0 Å². The van der Waals surface area contributed by atoms with Gasteiger partial charge in [-0.1, -0.05) is 36.4 Å². The quantitative estimate of drug-likeness (QED) is 0.412. The zero-order valence-electron chi connectivity index (χ0n) is 19.0. The van der Waals surface area contributed by atoms with Crippen LogP contribution in [-0.4, -0.2) is 16.8 Å². The van der Waals surface area contributed by atoms with Gasteiger partial charge in [-0.05, 0) is 73.0 Å². The minimum Gasteiger partial charge on any atom is -0.354 e. The summed E-state index contributed by atoms with van der Waals surface area (Å²) in [6.07, 6.45) is 1.60. The lowest BCUT2D eigenvalue weighted by Gasteiger charge is -2.24. The lowest BCUT2D eigenvalue weighted by atomic mass is 10.0. The van der Waals surface area contributed by atoms with Crippen LogP contribution in [0.5, 0.6) is 0 Å². The molecule has 5 rings (SSSR count). The second-order valence-electron chi connectivity index (χ2n) is 8.34. The number of aryl methyl sites for hydroxylation is 2. The molecule has 168 valence electrons. The molecule has 0 spiro atoms. The number of anilines is 4. The van der Waals surface area contributed by atoms with Crippen LogP contribution in [0.25, 0.3) is 0 Å². The highest BCUT2D eigenvalue weighted by Gasteiger charge is 2.25. The predicted octanol–water partition coefficient (Wildman–Crippen LogP) is 5.85. The molecule has 2 amide bonds. The number of benzene rings is 3. The molecule has 0 saturated carbocycles. The molecular weight excluding hydrogens is 424 g/mol. The Morgan fingerprint density at radius 2 is 1.65 bits per heavy atom. The van der Waals surface area contributed by atoms with Crippen LogP contribution in [0.15, 0.2) is 85.1 Å². The normalized spacial score (nSPS) is 12.1. The highest BCUT2D eigenvalue weighted by molar-refractivity contribution is 6.10. The molecular formula is C28H24N4O2. The number of pyridine rings is 1. The Morgan fingerprint density at radius 3 is 2.44 bits per heavy atom. The van der Waals surface area contributed by atoms with Gasteiger partial charge in [-0.2, -0.15) is 0 Å². The number of aromatic nitrogens is 1. The number of nitrogens with zero attached hydrogens (tertiary/aromatic N) is 2. The van der Waals surface area contributed by atoms with E-state index >= 15 is 0 Å². The molecule has 34 heavy (non-hydrogen) atoms. The zero-order chi connectivity index (χ0) is 23.7. The zero-order valence-corrected chi connectivity index (χ0v) is 19.0. The first-order chi connectivity index (χ1) is 16.5. The molecule has 0 radical (unpaired) electrons. The summed E-state index contributed by atoms with van der Waals surface area (Å²) in [6, 6.07) is 24.8. The molecule has 4 aromatic rings. The van der Waals surface area contributed by atoms with Gasteiger partial charge in [0.15, 0.2) is 0 Å².